The highest BCUT2D eigenvalue weighted by atomic mass is 16.1. The van der Waals surface area contributed by atoms with Crippen molar-refractivity contribution in [2.45, 2.75) is 26.2 Å². The number of rotatable bonds is 5. The van der Waals surface area contributed by atoms with E-state index in [1.807, 2.05) is 49.4 Å². The molecule has 1 unspecified atom stereocenters. The lowest BCUT2D eigenvalue weighted by molar-refractivity contribution is 0.0952. The Bertz CT molecular complexity index is 549. The topological polar surface area (TPSA) is 42.0 Å². The fourth-order valence-corrected chi connectivity index (χ4v) is 2.02. The molecular weight excluding hydrogens is 248 g/mol. The van der Waals surface area contributed by atoms with Gasteiger partial charge in [0, 0.05) is 29.9 Å². The third-order valence-corrected chi connectivity index (χ3v) is 3.37. The highest BCUT2D eigenvalue weighted by molar-refractivity contribution is 5.94. The van der Waals surface area contributed by atoms with E-state index in [9.17, 15) is 4.79 Å². The number of pyridine rings is 1. The number of hydrogen-bond donors (Lipinski definition) is 1. The van der Waals surface area contributed by atoms with E-state index in [4.69, 9.17) is 0 Å². The third kappa shape index (κ3) is 3.92. The molecule has 1 atom stereocenters. The summed E-state index contributed by atoms with van der Waals surface area (Å²) < 4.78 is 0. The number of carbonyl (C=O) groups is 1. The Kier molecular flexibility index (Phi) is 4.88. The zero-order valence-electron chi connectivity index (χ0n) is 12.0. The lowest BCUT2D eigenvalue weighted by atomic mass is 10.0. The summed E-state index contributed by atoms with van der Waals surface area (Å²) in [5, 5.41) is 2.95. The van der Waals surface area contributed by atoms with Crippen molar-refractivity contribution in [1.82, 2.24) is 10.3 Å². The SMILES string of the molecule is Cc1ccc(C(=O)NCCC(C)c2ccccn2)cc1. The van der Waals surface area contributed by atoms with Crippen molar-refractivity contribution < 1.29 is 4.79 Å². The molecule has 0 saturated heterocycles. The van der Waals surface area contributed by atoms with Crippen molar-refractivity contribution in [2.75, 3.05) is 6.54 Å². The first-order valence-electron chi connectivity index (χ1n) is 6.92. The molecule has 1 amide bonds. The molecule has 1 aromatic carbocycles. The zero-order chi connectivity index (χ0) is 14.4. The van der Waals surface area contributed by atoms with Gasteiger partial charge >= 0.3 is 0 Å². The first-order valence-corrected chi connectivity index (χ1v) is 6.92. The summed E-state index contributed by atoms with van der Waals surface area (Å²) in [5.41, 5.74) is 2.93. The molecule has 1 aromatic heterocycles. The number of carbonyl (C=O) groups excluding carboxylic acids is 1. The molecule has 0 radical (unpaired) electrons. The molecule has 1 N–H and O–H groups in total. The molecule has 2 rings (SSSR count). The van der Waals surface area contributed by atoms with E-state index in [2.05, 4.69) is 17.2 Å². The van der Waals surface area contributed by atoms with Gasteiger partial charge in [-0.3, -0.25) is 9.78 Å². The fraction of sp³-hybridized carbons (Fsp3) is 0.294. The average molecular weight is 268 g/mol. The summed E-state index contributed by atoms with van der Waals surface area (Å²) in [6.07, 6.45) is 2.69. The number of aryl methyl sites for hydroxylation is 1. The van der Waals surface area contributed by atoms with E-state index in [1.165, 1.54) is 0 Å². The molecule has 0 bridgehead atoms. The van der Waals surface area contributed by atoms with Gasteiger partial charge in [-0.15, -0.1) is 0 Å². The zero-order valence-corrected chi connectivity index (χ0v) is 12.0. The number of aromatic nitrogens is 1. The van der Waals surface area contributed by atoms with E-state index in [1.54, 1.807) is 6.20 Å². The van der Waals surface area contributed by atoms with Crippen LogP contribution >= 0.6 is 0 Å². The van der Waals surface area contributed by atoms with E-state index >= 15 is 0 Å². The minimum Gasteiger partial charge on any atom is -0.352 e. The standard InChI is InChI=1S/C17H20N2O/c1-13-6-8-15(9-7-13)17(20)19-12-10-14(2)16-5-3-4-11-18-16/h3-9,11,14H,10,12H2,1-2H3,(H,19,20). The summed E-state index contributed by atoms with van der Waals surface area (Å²) in [6.45, 7) is 4.79. The van der Waals surface area contributed by atoms with E-state index in [-0.39, 0.29) is 5.91 Å². The summed E-state index contributed by atoms with van der Waals surface area (Å²) in [7, 11) is 0. The monoisotopic (exact) mass is 268 g/mol. The summed E-state index contributed by atoms with van der Waals surface area (Å²) in [6, 6.07) is 13.5. The second-order valence-electron chi connectivity index (χ2n) is 5.07. The molecule has 0 fully saturated rings. The molecule has 1 heterocycles. The molecule has 0 aliphatic rings. The minimum absolute atomic E-state index is 0.0155. The highest BCUT2D eigenvalue weighted by Crippen LogP contribution is 2.15. The Labute approximate surface area is 120 Å². The van der Waals surface area contributed by atoms with Gasteiger partial charge < -0.3 is 5.32 Å². The van der Waals surface area contributed by atoms with Crippen molar-refractivity contribution in [2.24, 2.45) is 0 Å². The molecule has 3 heteroatoms. The molecule has 104 valence electrons. The van der Waals surface area contributed by atoms with E-state index in [0.717, 1.165) is 17.7 Å². The van der Waals surface area contributed by atoms with Crippen LogP contribution in [-0.4, -0.2) is 17.4 Å². The first-order chi connectivity index (χ1) is 9.66. The van der Waals surface area contributed by atoms with Crippen molar-refractivity contribution in [3.63, 3.8) is 0 Å². The van der Waals surface area contributed by atoms with Crippen LogP contribution in [-0.2, 0) is 0 Å². The Morgan fingerprint density at radius 1 is 1.20 bits per heavy atom. The maximum absolute atomic E-state index is 11.9. The number of amides is 1. The Hall–Kier alpha value is -2.16. The molecule has 0 aliphatic heterocycles. The number of nitrogens with zero attached hydrogens (tertiary/aromatic N) is 1. The van der Waals surface area contributed by atoms with Gasteiger partial charge in [0.05, 0.1) is 0 Å². The lowest BCUT2D eigenvalue weighted by Gasteiger charge is -2.11. The van der Waals surface area contributed by atoms with Gasteiger partial charge in [-0.2, -0.15) is 0 Å². The van der Waals surface area contributed by atoms with Gasteiger partial charge in [0.25, 0.3) is 5.91 Å². The maximum atomic E-state index is 11.9. The van der Waals surface area contributed by atoms with Crippen LogP contribution in [0.4, 0.5) is 0 Å². The van der Waals surface area contributed by atoms with Gasteiger partial charge in [-0.05, 0) is 37.6 Å². The Morgan fingerprint density at radius 2 is 1.95 bits per heavy atom. The van der Waals surface area contributed by atoms with Crippen molar-refractivity contribution in [1.29, 1.82) is 0 Å². The van der Waals surface area contributed by atoms with Gasteiger partial charge in [-0.25, -0.2) is 0 Å². The Morgan fingerprint density at radius 3 is 2.60 bits per heavy atom. The van der Waals surface area contributed by atoms with Crippen molar-refractivity contribution >= 4 is 5.91 Å². The number of benzene rings is 1. The predicted molar refractivity (Wildman–Crippen MR) is 80.8 cm³/mol. The van der Waals surface area contributed by atoms with Gasteiger partial charge in [0.15, 0.2) is 0 Å². The summed E-state index contributed by atoms with van der Waals surface area (Å²) in [5.74, 6) is 0.327. The smallest absolute Gasteiger partial charge is 0.251 e. The predicted octanol–water partition coefficient (Wildman–Crippen LogP) is 3.31. The van der Waals surface area contributed by atoms with Crippen LogP contribution in [0.5, 0.6) is 0 Å². The van der Waals surface area contributed by atoms with Crippen LogP contribution in [0.1, 0.15) is 40.9 Å². The van der Waals surface area contributed by atoms with Gasteiger partial charge in [0.1, 0.15) is 0 Å². The van der Waals surface area contributed by atoms with E-state index in [0.29, 0.717) is 18.0 Å². The fourth-order valence-electron chi connectivity index (χ4n) is 2.02. The van der Waals surface area contributed by atoms with Gasteiger partial charge in [-0.1, -0.05) is 30.7 Å². The van der Waals surface area contributed by atoms with Crippen molar-refractivity contribution in [3.8, 4) is 0 Å². The first kappa shape index (κ1) is 14.3. The van der Waals surface area contributed by atoms with Crippen LogP contribution in [0.3, 0.4) is 0 Å². The van der Waals surface area contributed by atoms with Gasteiger partial charge in [0.2, 0.25) is 0 Å². The summed E-state index contributed by atoms with van der Waals surface area (Å²) >= 11 is 0. The highest BCUT2D eigenvalue weighted by Gasteiger charge is 2.08. The molecule has 0 spiro atoms. The number of nitrogens with one attached hydrogen (secondary N) is 1. The van der Waals surface area contributed by atoms with E-state index < -0.39 is 0 Å². The normalized spacial score (nSPS) is 11.9. The minimum atomic E-state index is -0.0155. The molecule has 2 aromatic rings. The maximum Gasteiger partial charge on any atom is 0.251 e. The molecular formula is C17H20N2O. The van der Waals surface area contributed by atoms with Crippen LogP contribution in [0, 0.1) is 6.92 Å². The van der Waals surface area contributed by atoms with Crippen LogP contribution in [0.15, 0.2) is 48.7 Å². The molecule has 20 heavy (non-hydrogen) atoms. The average Bonchev–Trinajstić information content (AvgIpc) is 2.48. The lowest BCUT2D eigenvalue weighted by Crippen LogP contribution is -2.25. The van der Waals surface area contributed by atoms with Crippen molar-refractivity contribution in [3.05, 3.63) is 65.5 Å². The van der Waals surface area contributed by atoms with Crippen LogP contribution < -0.4 is 5.32 Å². The second kappa shape index (κ2) is 6.85. The molecule has 0 aliphatic carbocycles. The summed E-state index contributed by atoms with van der Waals surface area (Å²) in [4.78, 5) is 16.3. The van der Waals surface area contributed by atoms with Crippen LogP contribution in [0.25, 0.3) is 0 Å². The molecule has 0 saturated carbocycles. The molecule has 3 nitrogen and oxygen atoms in total. The second-order valence-corrected chi connectivity index (χ2v) is 5.07. The van der Waals surface area contributed by atoms with Crippen LogP contribution in [0.2, 0.25) is 0 Å². The Balaban J connectivity index is 1.81. The largest absolute Gasteiger partial charge is 0.352 e. The third-order valence-electron chi connectivity index (χ3n) is 3.37. The number of hydrogen-bond acceptors (Lipinski definition) is 2. The quantitative estimate of drug-likeness (QED) is 0.904.